The summed E-state index contributed by atoms with van der Waals surface area (Å²) >= 11 is 3.56. The molecular formula is C21H20BrN3O2. The number of hydrogen-bond acceptors (Lipinski definition) is 3. The van der Waals surface area contributed by atoms with Crippen molar-refractivity contribution in [2.75, 3.05) is 11.4 Å². The first-order valence-corrected chi connectivity index (χ1v) is 9.70. The molecule has 0 bridgehead atoms. The van der Waals surface area contributed by atoms with E-state index in [1.165, 1.54) is 18.2 Å². The van der Waals surface area contributed by atoms with Crippen molar-refractivity contribution in [1.82, 2.24) is 9.13 Å². The second-order valence-electron chi connectivity index (χ2n) is 6.80. The van der Waals surface area contributed by atoms with E-state index < -0.39 is 0 Å². The van der Waals surface area contributed by atoms with Gasteiger partial charge in [-0.15, -0.1) is 0 Å². The number of halogens is 1. The zero-order valence-electron chi connectivity index (χ0n) is 15.1. The molecule has 0 saturated heterocycles. The van der Waals surface area contributed by atoms with Crippen molar-refractivity contribution in [2.45, 2.75) is 19.5 Å². The highest BCUT2D eigenvalue weighted by Crippen LogP contribution is 2.24. The predicted molar refractivity (Wildman–Crippen MR) is 110 cm³/mol. The van der Waals surface area contributed by atoms with Crippen molar-refractivity contribution in [2.24, 2.45) is 7.05 Å². The van der Waals surface area contributed by atoms with Crippen LogP contribution in [0.3, 0.4) is 0 Å². The number of hydrogen-bond donors (Lipinski definition) is 0. The maximum atomic E-state index is 12.9. The topological polar surface area (TPSA) is 47.2 Å². The van der Waals surface area contributed by atoms with Gasteiger partial charge in [-0.25, -0.2) is 4.79 Å². The third-order valence-electron chi connectivity index (χ3n) is 5.12. The molecule has 0 aliphatic carbocycles. The van der Waals surface area contributed by atoms with Crippen LogP contribution in [-0.4, -0.2) is 15.7 Å². The Morgan fingerprint density at radius 1 is 1.00 bits per heavy atom. The number of fused-ring (bicyclic) bond motifs is 1. The summed E-state index contributed by atoms with van der Waals surface area (Å²) in [5.41, 5.74) is 2.99. The summed E-state index contributed by atoms with van der Waals surface area (Å²) in [5.74, 6) is 0.674. The Hall–Kier alpha value is -2.60. The summed E-state index contributed by atoms with van der Waals surface area (Å²) in [6.07, 6.45) is 0.897. The fraction of sp³-hybridized carbons (Fsp3) is 0.238. The van der Waals surface area contributed by atoms with Crippen molar-refractivity contribution in [3.63, 3.8) is 0 Å². The molecule has 1 aromatic heterocycles. The summed E-state index contributed by atoms with van der Waals surface area (Å²) in [6, 6.07) is 17.7. The summed E-state index contributed by atoms with van der Waals surface area (Å²) in [5, 5.41) is 0. The Labute approximate surface area is 165 Å². The van der Waals surface area contributed by atoms with E-state index in [0.717, 1.165) is 27.6 Å². The third-order valence-corrected chi connectivity index (χ3v) is 5.89. The minimum atomic E-state index is -0.299. The standard InChI is InChI=1S/C21H20BrN3O2/c1-23-20(26)12-19(24-11-10-15-6-2-3-7-16(15)13-24)25(21(23)27)14-17-8-4-5-9-18(17)22/h2-9,12H,10-11,13-14H2,1H3. The molecule has 0 atom stereocenters. The quantitative estimate of drug-likeness (QED) is 0.647. The van der Waals surface area contributed by atoms with Crippen molar-refractivity contribution >= 4 is 21.7 Å². The van der Waals surface area contributed by atoms with Crippen molar-refractivity contribution < 1.29 is 0 Å². The highest BCUT2D eigenvalue weighted by molar-refractivity contribution is 9.10. The number of rotatable bonds is 3. The van der Waals surface area contributed by atoms with Gasteiger partial charge in [0.05, 0.1) is 6.54 Å². The fourth-order valence-corrected chi connectivity index (χ4v) is 3.97. The summed E-state index contributed by atoms with van der Waals surface area (Å²) < 4.78 is 3.80. The lowest BCUT2D eigenvalue weighted by Crippen LogP contribution is -2.43. The molecule has 0 spiro atoms. The van der Waals surface area contributed by atoms with Crippen LogP contribution in [0, 0.1) is 0 Å². The van der Waals surface area contributed by atoms with Gasteiger partial charge in [-0.05, 0) is 29.2 Å². The monoisotopic (exact) mass is 425 g/mol. The molecule has 138 valence electrons. The van der Waals surface area contributed by atoms with E-state index in [4.69, 9.17) is 0 Å². The Morgan fingerprint density at radius 2 is 1.70 bits per heavy atom. The molecule has 27 heavy (non-hydrogen) atoms. The van der Waals surface area contributed by atoms with Gasteiger partial charge in [-0.1, -0.05) is 58.4 Å². The summed E-state index contributed by atoms with van der Waals surface area (Å²) in [4.78, 5) is 27.4. The molecular weight excluding hydrogens is 406 g/mol. The van der Waals surface area contributed by atoms with Gasteiger partial charge in [0.1, 0.15) is 5.82 Å². The van der Waals surface area contributed by atoms with E-state index in [0.29, 0.717) is 18.9 Å². The van der Waals surface area contributed by atoms with Crippen LogP contribution in [0.5, 0.6) is 0 Å². The molecule has 0 fully saturated rings. The number of anilines is 1. The van der Waals surface area contributed by atoms with Crippen LogP contribution < -0.4 is 16.1 Å². The second-order valence-corrected chi connectivity index (χ2v) is 7.65. The molecule has 2 aromatic carbocycles. The Kier molecular flexibility index (Phi) is 4.74. The highest BCUT2D eigenvalue weighted by atomic mass is 79.9. The molecule has 0 amide bonds. The van der Waals surface area contributed by atoms with E-state index >= 15 is 0 Å². The van der Waals surface area contributed by atoms with E-state index in [2.05, 4.69) is 39.0 Å². The second kappa shape index (κ2) is 7.19. The van der Waals surface area contributed by atoms with Crippen molar-refractivity contribution in [3.05, 3.63) is 96.6 Å². The first-order valence-electron chi connectivity index (χ1n) is 8.90. The molecule has 1 aliphatic heterocycles. The minimum absolute atomic E-state index is 0.280. The average Bonchev–Trinajstić information content (AvgIpc) is 2.69. The maximum Gasteiger partial charge on any atom is 0.332 e. The zero-order chi connectivity index (χ0) is 19.0. The Bertz CT molecular complexity index is 1120. The van der Waals surface area contributed by atoms with Gasteiger partial charge in [-0.2, -0.15) is 0 Å². The molecule has 0 N–H and O–H groups in total. The van der Waals surface area contributed by atoms with E-state index in [1.807, 2.05) is 30.3 Å². The van der Waals surface area contributed by atoms with Gasteiger partial charge in [0, 0.05) is 30.7 Å². The molecule has 6 heteroatoms. The lowest BCUT2D eigenvalue weighted by Gasteiger charge is -2.32. The number of benzene rings is 2. The molecule has 0 unspecified atom stereocenters. The highest BCUT2D eigenvalue weighted by Gasteiger charge is 2.21. The van der Waals surface area contributed by atoms with E-state index in [9.17, 15) is 9.59 Å². The number of aromatic nitrogens is 2. The van der Waals surface area contributed by atoms with Gasteiger partial charge >= 0.3 is 5.69 Å². The van der Waals surface area contributed by atoms with Crippen LogP contribution in [0.4, 0.5) is 5.82 Å². The molecule has 4 rings (SSSR count). The summed E-state index contributed by atoms with van der Waals surface area (Å²) in [7, 11) is 1.52. The van der Waals surface area contributed by atoms with Crippen LogP contribution in [0.2, 0.25) is 0 Å². The molecule has 5 nitrogen and oxygen atoms in total. The van der Waals surface area contributed by atoms with Gasteiger partial charge in [0.15, 0.2) is 0 Å². The normalized spacial score (nSPS) is 13.5. The van der Waals surface area contributed by atoms with Crippen LogP contribution >= 0.6 is 15.9 Å². The van der Waals surface area contributed by atoms with Gasteiger partial charge in [0.25, 0.3) is 5.56 Å². The van der Waals surface area contributed by atoms with E-state index in [-0.39, 0.29) is 11.2 Å². The van der Waals surface area contributed by atoms with Crippen LogP contribution in [0.25, 0.3) is 0 Å². The molecule has 0 saturated carbocycles. The van der Waals surface area contributed by atoms with Gasteiger partial charge in [-0.3, -0.25) is 13.9 Å². The lowest BCUT2D eigenvalue weighted by molar-refractivity contribution is 0.610. The van der Waals surface area contributed by atoms with Crippen LogP contribution in [0.15, 0.2) is 68.7 Å². The van der Waals surface area contributed by atoms with E-state index in [1.54, 1.807) is 10.6 Å². The third kappa shape index (κ3) is 3.37. The van der Waals surface area contributed by atoms with Gasteiger partial charge in [0.2, 0.25) is 0 Å². The Balaban J connectivity index is 1.80. The zero-order valence-corrected chi connectivity index (χ0v) is 16.6. The number of nitrogens with zero attached hydrogens (tertiary/aromatic N) is 3. The van der Waals surface area contributed by atoms with Gasteiger partial charge < -0.3 is 4.90 Å². The SMILES string of the molecule is Cn1c(=O)cc(N2CCc3ccccc3C2)n(Cc2ccccc2Br)c1=O. The smallest absolute Gasteiger partial charge is 0.332 e. The fourth-order valence-electron chi connectivity index (χ4n) is 3.56. The minimum Gasteiger partial charge on any atom is -0.353 e. The molecule has 3 aromatic rings. The van der Waals surface area contributed by atoms with Crippen molar-refractivity contribution in [1.29, 1.82) is 0 Å². The molecule has 0 radical (unpaired) electrons. The largest absolute Gasteiger partial charge is 0.353 e. The predicted octanol–water partition coefficient (Wildman–Crippen LogP) is 2.92. The maximum absolute atomic E-state index is 12.9. The summed E-state index contributed by atoms with van der Waals surface area (Å²) in [6.45, 7) is 1.88. The molecule has 1 aliphatic rings. The first kappa shape index (κ1) is 17.8. The lowest BCUT2D eigenvalue weighted by atomic mass is 10.00. The van der Waals surface area contributed by atoms with Crippen molar-refractivity contribution in [3.8, 4) is 0 Å². The first-order chi connectivity index (χ1) is 13.0. The van der Waals surface area contributed by atoms with Crippen LogP contribution in [0.1, 0.15) is 16.7 Å². The average molecular weight is 426 g/mol. The molecule has 2 heterocycles. The van der Waals surface area contributed by atoms with Crippen LogP contribution in [-0.2, 0) is 26.6 Å². The Morgan fingerprint density at radius 3 is 2.48 bits per heavy atom.